The highest BCUT2D eigenvalue weighted by Crippen LogP contribution is 2.30. The summed E-state index contributed by atoms with van der Waals surface area (Å²) in [5, 5.41) is 4.43. The lowest BCUT2D eigenvalue weighted by Gasteiger charge is -2.22. The number of likely N-dealkylation sites (tertiary alicyclic amines) is 1. The quantitative estimate of drug-likeness (QED) is 0.767. The average Bonchev–Trinajstić information content (AvgIpc) is 3.26. The summed E-state index contributed by atoms with van der Waals surface area (Å²) in [6.45, 7) is 4.12. The molecule has 1 aliphatic rings. The highest BCUT2D eigenvalue weighted by Gasteiger charge is 2.36. The number of halogens is 1. The van der Waals surface area contributed by atoms with Crippen LogP contribution in [0.25, 0.3) is 16.9 Å². The number of benzene rings is 1. The Morgan fingerprint density at radius 3 is 2.73 bits per heavy atom. The van der Waals surface area contributed by atoms with Gasteiger partial charge in [-0.25, -0.2) is 9.50 Å². The van der Waals surface area contributed by atoms with Gasteiger partial charge in [0.15, 0.2) is 5.65 Å². The Kier molecular flexibility index (Phi) is 4.98. The van der Waals surface area contributed by atoms with Gasteiger partial charge in [-0.1, -0.05) is 37.3 Å². The molecule has 0 aliphatic carbocycles. The monoisotopic (exact) mass is 371 g/mol. The van der Waals surface area contributed by atoms with Crippen molar-refractivity contribution in [1.29, 1.82) is 0 Å². The molecule has 1 unspecified atom stereocenters. The molecule has 4 rings (SSSR count). The van der Waals surface area contributed by atoms with Crippen LogP contribution >= 0.6 is 12.4 Å². The van der Waals surface area contributed by atoms with E-state index in [4.69, 9.17) is 5.73 Å². The van der Waals surface area contributed by atoms with Gasteiger partial charge < -0.3 is 10.6 Å². The van der Waals surface area contributed by atoms with Crippen LogP contribution in [0.4, 0.5) is 0 Å². The summed E-state index contributed by atoms with van der Waals surface area (Å²) in [6.07, 6.45) is 4.27. The molecule has 0 spiro atoms. The molecular weight excluding hydrogens is 350 g/mol. The van der Waals surface area contributed by atoms with Crippen molar-refractivity contribution in [2.24, 2.45) is 11.1 Å². The number of rotatable bonds is 3. The molecule has 1 aliphatic heterocycles. The van der Waals surface area contributed by atoms with Gasteiger partial charge in [-0.3, -0.25) is 4.79 Å². The topological polar surface area (TPSA) is 76.5 Å². The molecular formula is C19H22ClN5O. The highest BCUT2D eigenvalue weighted by molar-refractivity contribution is 6.00. The van der Waals surface area contributed by atoms with Crippen LogP contribution in [-0.2, 0) is 0 Å². The van der Waals surface area contributed by atoms with Crippen LogP contribution in [0, 0.1) is 5.41 Å². The zero-order valence-electron chi connectivity index (χ0n) is 14.6. The van der Waals surface area contributed by atoms with Crippen molar-refractivity contribution < 1.29 is 4.79 Å². The number of aromatic nitrogens is 3. The number of fused-ring (bicyclic) bond motifs is 1. The second kappa shape index (κ2) is 7.05. The van der Waals surface area contributed by atoms with Crippen molar-refractivity contribution in [2.75, 3.05) is 19.6 Å². The first-order chi connectivity index (χ1) is 12.1. The van der Waals surface area contributed by atoms with E-state index in [0.717, 1.165) is 24.2 Å². The van der Waals surface area contributed by atoms with Crippen molar-refractivity contribution in [1.82, 2.24) is 19.5 Å². The molecule has 6 nitrogen and oxygen atoms in total. The number of nitrogens with zero attached hydrogens (tertiary/aromatic N) is 4. The number of carbonyl (C=O) groups is 1. The predicted molar refractivity (Wildman–Crippen MR) is 103 cm³/mol. The van der Waals surface area contributed by atoms with Crippen LogP contribution in [0.5, 0.6) is 0 Å². The van der Waals surface area contributed by atoms with Crippen LogP contribution in [-0.4, -0.2) is 45.0 Å². The fourth-order valence-electron chi connectivity index (χ4n) is 3.40. The first-order valence-corrected chi connectivity index (χ1v) is 8.49. The summed E-state index contributed by atoms with van der Waals surface area (Å²) in [5.41, 5.74) is 8.94. The second-order valence-corrected chi connectivity index (χ2v) is 6.98. The molecule has 7 heteroatoms. The molecule has 3 heterocycles. The molecule has 2 aromatic heterocycles. The van der Waals surface area contributed by atoms with Crippen LogP contribution < -0.4 is 5.73 Å². The summed E-state index contributed by atoms with van der Waals surface area (Å²) in [6, 6.07) is 11.9. The van der Waals surface area contributed by atoms with Gasteiger partial charge in [-0.15, -0.1) is 12.4 Å². The lowest BCUT2D eigenvalue weighted by atomic mass is 9.90. The summed E-state index contributed by atoms with van der Waals surface area (Å²) < 4.78 is 1.74. The van der Waals surface area contributed by atoms with Crippen molar-refractivity contribution in [2.45, 2.75) is 13.3 Å². The third kappa shape index (κ3) is 3.06. The molecule has 1 amide bonds. The molecule has 1 atom stereocenters. The minimum absolute atomic E-state index is 0. The van der Waals surface area contributed by atoms with Crippen LogP contribution in [0.15, 0.2) is 48.8 Å². The van der Waals surface area contributed by atoms with Crippen molar-refractivity contribution in [3.05, 3.63) is 54.4 Å². The van der Waals surface area contributed by atoms with Crippen molar-refractivity contribution >= 4 is 24.0 Å². The fraction of sp³-hybridized carbons (Fsp3) is 0.316. The summed E-state index contributed by atoms with van der Waals surface area (Å²) in [7, 11) is 0. The van der Waals surface area contributed by atoms with E-state index in [2.05, 4.69) is 17.0 Å². The van der Waals surface area contributed by atoms with Gasteiger partial charge in [-0.05, 0) is 24.4 Å². The standard InChI is InChI=1S/C19H21N5O.ClH/c1-19(12-20)8-10-23(13-19)18(25)15-11-22-24-16(7-9-21-17(15)24)14-5-3-2-4-6-14;/h2-7,9,11H,8,10,12-13,20H2,1H3;1H. The Balaban J connectivity index is 0.00000196. The highest BCUT2D eigenvalue weighted by atomic mass is 35.5. The molecule has 26 heavy (non-hydrogen) atoms. The Morgan fingerprint density at radius 2 is 2.04 bits per heavy atom. The maximum Gasteiger partial charge on any atom is 0.259 e. The lowest BCUT2D eigenvalue weighted by Crippen LogP contribution is -2.34. The van der Waals surface area contributed by atoms with E-state index in [1.165, 1.54) is 0 Å². The van der Waals surface area contributed by atoms with E-state index in [1.54, 1.807) is 16.9 Å². The van der Waals surface area contributed by atoms with Gasteiger partial charge in [0.25, 0.3) is 5.91 Å². The molecule has 0 saturated carbocycles. The molecule has 1 saturated heterocycles. The molecule has 2 N–H and O–H groups in total. The van der Waals surface area contributed by atoms with Gasteiger partial charge in [0, 0.05) is 24.8 Å². The molecule has 136 valence electrons. The summed E-state index contributed by atoms with van der Waals surface area (Å²) >= 11 is 0. The number of hydrogen-bond acceptors (Lipinski definition) is 4. The molecule has 1 aromatic carbocycles. The van der Waals surface area contributed by atoms with Gasteiger partial charge in [-0.2, -0.15) is 5.10 Å². The Bertz CT molecular complexity index is 926. The van der Waals surface area contributed by atoms with Gasteiger partial charge >= 0.3 is 0 Å². The summed E-state index contributed by atoms with van der Waals surface area (Å²) in [4.78, 5) is 19.2. The van der Waals surface area contributed by atoms with E-state index in [0.29, 0.717) is 24.3 Å². The first-order valence-electron chi connectivity index (χ1n) is 8.49. The maximum atomic E-state index is 13.0. The third-order valence-electron chi connectivity index (χ3n) is 5.04. The Hall–Kier alpha value is -2.44. The normalized spacial score (nSPS) is 19.5. The number of amides is 1. The average molecular weight is 372 g/mol. The third-order valence-corrected chi connectivity index (χ3v) is 5.04. The Labute approximate surface area is 158 Å². The van der Waals surface area contributed by atoms with Gasteiger partial charge in [0.05, 0.1) is 11.9 Å². The van der Waals surface area contributed by atoms with E-state index in [1.807, 2.05) is 41.3 Å². The number of nitrogens with two attached hydrogens (primary N) is 1. The summed E-state index contributed by atoms with van der Waals surface area (Å²) in [5.74, 6) is -0.0233. The molecule has 1 fully saturated rings. The minimum Gasteiger partial charge on any atom is -0.338 e. The zero-order valence-corrected chi connectivity index (χ0v) is 15.4. The maximum absolute atomic E-state index is 13.0. The van der Waals surface area contributed by atoms with Crippen LogP contribution in [0.2, 0.25) is 0 Å². The number of hydrogen-bond donors (Lipinski definition) is 1. The SMILES string of the molecule is CC1(CN)CCN(C(=O)c2cnn3c(-c4ccccc4)ccnc23)C1.Cl. The Morgan fingerprint density at radius 1 is 1.27 bits per heavy atom. The minimum atomic E-state index is -0.0233. The lowest BCUT2D eigenvalue weighted by molar-refractivity contribution is 0.0778. The van der Waals surface area contributed by atoms with Crippen LogP contribution in [0.3, 0.4) is 0 Å². The smallest absolute Gasteiger partial charge is 0.259 e. The zero-order chi connectivity index (χ0) is 17.4. The van der Waals surface area contributed by atoms with E-state index < -0.39 is 0 Å². The second-order valence-electron chi connectivity index (χ2n) is 6.98. The first kappa shape index (κ1) is 18.4. The molecule has 0 radical (unpaired) electrons. The van der Waals surface area contributed by atoms with E-state index in [9.17, 15) is 4.79 Å². The largest absolute Gasteiger partial charge is 0.338 e. The van der Waals surface area contributed by atoms with Gasteiger partial charge in [0.1, 0.15) is 5.56 Å². The van der Waals surface area contributed by atoms with Crippen molar-refractivity contribution in [3.8, 4) is 11.3 Å². The van der Waals surface area contributed by atoms with Crippen LogP contribution in [0.1, 0.15) is 23.7 Å². The molecule has 3 aromatic rings. The fourth-order valence-corrected chi connectivity index (χ4v) is 3.40. The van der Waals surface area contributed by atoms with Crippen molar-refractivity contribution in [3.63, 3.8) is 0 Å². The molecule has 0 bridgehead atoms. The van der Waals surface area contributed by atoms with Gasteiger partial charge in [0.2, 0.25) is 0 Å². The van der Waals surface area contributed by atoms with E-state index >= 15 is 0 Å². The predicted octanol–water partition coefficient (Wildman–Crippen LogP) is 2.63. The number of carbonyl (C=O) groups excluding carboxylic acids is 1. The van der Waals surface area contributed by atoms with E-state index in [-0.39, 0.29) is 23.7 Å².